The summed E-state index contributed by atoms with van der Waals surface area (Å²) in [7, 11) is 2.14. The third kappa shape index (κ3) is 5.72. The van der Waals surface area contributed by atoms with Gasteiger partial charge in [-0.2, -0.15) is 0 Å². The summed E-state index contributed by atoms with van der Waals surface area (Å²) in [4.78, 5) is 25.9. The molecule has 8 nitrogen and oxygen atoms in total. The zero-order valence-corrected chi connectivity index (χ0v) is 18.7. The summed E-state index contributed by atoms with van der Waals surface area (Å²) < 4.78 is 0. The van der Waals surface area contributed by atoms with Crippen LogP contribution in [0.3, 0.4) is 0 Å². The number of rotatable bonds is 7. The molecule has 168 valence electrons. The Balaban J connectivity index is 1.37. The second kappa shape index (κ2) is 10.4. The molecule has 1 aliphatic heterocycles. The van der Waals surface area contributed by atoms with Gasteiger partial charge < -0.3 is 20.9 Å². The number of aromatic nitrogens is 2. The van der Waals surface area contributed by atoms with Crippen LogP contribution in [0, 0.1) is 0 Å². The van der Waals surface area contributed by atoms with Crippen LogP contribution in [0.5, 0.6) is 0 Å². The SMILES string of the molecule is C[C@@H](Nc1ncnc2ccc(NC(=O)NCCN3CCN(C)CC3)cc12)c1ccccc1. The Morgan fingerprint density at radius 3 is 2.62 bits per heavy atom. The van der Waals surface area contributed by atoms with Crippen molar-refractivity contribution >= 4 is 28.4 Å². The second-order valence-corrected chi connectivity index (χ2v) is 8.26. The van der Waals surface area contributed by atoms with E-state index in [9.17, 15) is 4.79 Å². The third-order valence-corrected chi connectivity index (χ3v) is 5.86. The number of nitrogens with one attached hydrogen (secondary N) is 3. The standard InChI is InChI=1S/C24H31N7O/c1-18(19-6-4-3-5-7-19)28-23-21-16-20(8-9-22(21)26-17-27-23)29-24(32)25-10-11-31-14-12-30(2)13-15-31/h3-9,16-18H,10-15H2,1-2H3,(H2,25,29,32)(H,26,27,28)/t18-/m1/s1. The first kappa shape index (κ1) is 22.0. The Morgan fingerprint density at radius 1 is 1.06 bits per heavy atom. The molecular weight excluding hydrogens is 402 g/mol. The van der Waals surface area contributed by atoms with E-state index in [0.29, 0.717) is 12.2 Å². The third-order valence-electron chi connectivity index (χ3n) is 5.86. The fraction of sp³-hybridized carbons (Fsp3) is 0.375. The van der Waals surface area contributed by atoms with E-state index in [1.165, 1.54) is 5.56 Å². The molecule has 0 spiro atoms. The van der Waals surface area contributed by atoms with Gasteiger partial charge in [0.1, 0.15) is 12.1 Å². The Bertz CT molecular complexity index is 1030. The van der Waals surface area contributed by atoms with Crippen molar-refractivity contribution in [2.45, 2.75) is 13.0 Å². The van der Waals surface area contributed by atoms with Crippen molar-refractivity contribution in [3.05, 3.63) is 60.4 Å². The zero-order chi connectivity index (χ0) is 22.3. The number of benzene rings is 2. The fourth-order valence-corrected chi connectivity index (χ4v) is 3.85. The number of urea groups is 1. The van der Waals surface area contributed by atoms with Crippen LogP contribution in [-0.4, -0.2) is 72.1 Å². The number of carbonyl (C=O) groups excluding carboxylic acids is 1. The molecule has 0 unspecified atom stereocenters. The molecule has 1 aliphatic rings. The molecule has 2 aromatic carbocycles. The topological polar surface area (TPSA) is 85.4 Å². The van der Waals surface area contributed by atoms with Crippen LogP contribution in [0.15, 0.2) is 54.9 Å². The van der Waals surface area contributed by atoms with Gasteiger partial charge in [0, 0.05) is 56.4 Å². The zero-order valence-electron chi connectivity index (χ0n) is 18.7. The van der Waals surface area contributed by atoms with E-state index < -0.39 is 0 Å². The summed E-state index contributed by atoms with van der Waals surface area (Å²) in [6.07, 6.45) is 1.56. The molecule has 0 saturated carbocycles. The van der Waals surface area contributed by atoms with Gasteiger partial charge in [0.25, 0.3) is 0 Å². The quantitative estimate of drug-likeness (QED) is 0.531. The van der Waals surface area contributed by atoms with Gasteiger partial charge in [-0.25, -0.2) is 14.8 Å². The molecular formula is C24H31N7O. The fourth-order valence-electron chi connectivity index (χ4n) is 3.85. The number of nitrogens with zero attached hydrogens (tertiary/aromatic N) is 4. The Hall–Kier alpha value is -3.23. The van der Waals surface area contributed by atoms with Gasteiger partial charge in [0.15, 0.2) is 0 Å². The normalized spacial score (nSPS) is 15.9. The van der Waals surface area contributed by atoms with Crippen LogP contribution in [0.1, 0.15) is 18.5 Å². The predicted octanol–water partition coefficient (Wildman–Crippen LogP) is 3.17. The van der Waals surface area contributed by atoms with Crippen LogP contribution in [-0.2, 0) is 0 Å². The Labute approximate surface area is 189 Å². The molecule has 2 amide bonds. The highest BCUT2D eigenvalue weighted by Gasteiger charge is 2.14. The van der Waals surface area contributed by atoms with E-state index in [0.717, 1.165) is 49.4 Å². The lowest BCUT2D eigenvalue weighted by atomic mass is 10.1. The van der Waals surface area contributed by atoms with Crippen LogP contribution in [0.25, 0.3) is 10.9 Å². The molecule has 1 fully saturated rings. The minimum absolute atomic E-state index is 0.0868. The molecule has 3 N–H and O–H groups in total. The summed E-state index contributed by atoms with van der Waals surface area (Å²) in [6, 6.07) is 15.8. The maximum absolute atomic E-state index is 12.4. The number of piperazine rings is 1. The molecule has 0 radical (unpaired) electrons. The number of likely N-dealkylation sites (N-methyl/N-ethyl adjacent to an activating group) is 1. The van der Waals surface area contributed by atoms with Crippen molar-refractivity contribution in [1.29, 1.82) is 0 Å². The molecule has 0 aliphatic carbocycles. The molecule has 0 bridgehead atoms. The van der Waals surface area contributed by atoms with Gasteiger partial charge in [-0.3, -0.25) is 4.90 Å². The summed E-state index contributed by atoms with van der Waals surface area (Å²) in [6.45, 7) is 7.81. The smallest absolute Gasteiger partial charge is 0.319 e. The van der Waals surface area contributed by atoms with E-state index in [-0.39, 0.29) is 12.1 Å². The number of fused-ring (bicyclic) bond motifs is 1. The highest BCUT2D eigenvalue weighted by Crippen LogP contribution is 2.26. The molecule has 2 heterocycles. The van der Waals surface area contributed by atoms with Crippen molar-refractivity contribution in [3.8, 4) is 0 Å². The molecule has 1 aromatic heterocycles. The predicted molar refractivity (Wildman–Crippen MR) is 129 cm³/mol. The van der Waals surface area contributed by atoms with Gasteiger partial charge >= 0.3 is 6.03 Å². The molecule has 1 atom stereocenters. The molecule has 3 aromatic rings. The number of carbonyl (C=O) groups is 1. The van der Waals surface area contributed by atoms with Crippen LogP contribution in [0.4, 0.5) is 16.3 Å². The van der Waals surface area contributed by atoms with Crippen molar-refractivity contribution < 1.29 is 4.79 Å². The van der Waals surface area contributed by atoms with Gasteiger partial charge in [-0.15, -0.1) is 0 Å². The highest BCUT2D eigenvalue weighted by atomic mass is 16.2. The Morgan fingerprint density at radius 2 is 1.84 bits per heavy atom. The van der Waals surface area contributed by atoms with Crippen LogP contribution in [0.2, 0.25) is 0 Å². The summed E-state index contributed by atoms with van der Waals surface area (Å²) in [5.74, 6) is 0.741. The van der Waals surface area contributed by atoms with Crippen LogP contribution >= 0.6 is 0 Å². The van der Waals surface area contributed by atoms with E-state index in [1.54, 1.807) is 6.33 Å². The molecule has 1 saturated heterocycles. The second-order valence-electron chi connectivity index (χ2n) is 8.26. The summed E-state index contributed by atoms with van der Waals surface area (Å²) in [5.41, 5.74) is 2.71. The minimum Gasteiger partial charge on any atom is -0.363 e. The van der Waals surface area contributed by atoms with E-state index in [4.69, 9.17) is 0 Å². The van der Waals surface area contributed by atoms with Gasteiger partial charge in [-0.05, 0) is 37.7 Å². The minimum atomic E-state index is -0.206. The molecule has 8 heteroatoms. The van der Waals surface area contributed by atoms with Crippen molar-refractivity contribution in [3.63, 3.8) is 0 Å². The lowest BCUT2D eigenvalue weighted by Crippen LogP contribution is -2.47. The van der Waals surface area contributed by atoms with E-state index in [1.807, 2.05) is 36.4 Å². The first-order valence-corrected chi connectivity index (χ1v) is 11.1. The van der Waals surface area contributed by atoms with Gasteiger partial charge in [0.2, 0.25) is 0 Å². The number of anilines is 2. The lowest BCUT2D eigenvalue weighted by Gasteiger charge is -2.32. The summed E-state index contributed by atoms with van der Waals surface area (Å²) >= 11 is 0. The summed E-state index contributed by atoms with van der Waals surface area (Å²) in [5, 5.41) is 10.2. The van der Waals surface area contributed by atoms with Crippen molar-refractivity contribution in [2.75, 3.05) is 56.9 Å². The first-order valence-electron chi connectivity index (χ1n) is 11.1. The van der Waals surface area contributed by atoms with Crippen LogP contribution < -0.4 is 16.0 Å². The monoisotopic (exact) mass is 433 g/mol. The van der Waals surface area contributed by atoms with E-state index in [2.05, 4.69) is 61.8 Å². The number of hydrogen-bond donors (Lipinski definition) is 3. The van der Waals surface area contributed by atoms with Gasteiger partial charge in [-0.1, -0.05) is 30.3 Å². The number of hydrogen-bond acceptors (Lipinski definition) is 6. The maximum atomic E-state index is 12.4. The first-order chi connectivity index (χ1) is 15.6. The van der Waals surface area contributed by atoms with E-state index >= 15 is 0 Å². The number of amides is 2. The molecule has 4 rings (SSSR count). The molecule has 32 heavy (non-hydrogen) atoms. The highest BCUT2D eigenvalue weighted by molar-refractivity contribution is 5.96. The van der Waals surface area contributed by atoms with Crippen molar-refractivity contribution in [1.82, 2.24) is 25.1 Å². The average molecular weight is 434 g/mol. The average Bonchev–Trinajstić information content (AvgIpc) is 2.81. The maximum Gasteiger partial charge on any atom is 0.319 e. The largest absolute Gasteiger partial charge is 0.363 e. The Kier molecular flexibility index (Phi) is 7.14. The lowest BCUT2D eigenvalue weighted by molar-refractivity contribution is 0.155. The van der Waals surface area contributed by atoms with Gasteiger partial charge in [0.05, 0.1) is 5.52 Å². The van der Waals surface area contributed by atoms with Crippen molar-refractivity contribution in [2.24, 2.45) is 0 Å².